The maximum absolute atomic E-state index is 6.12. The van der Waals surface area contributed by atoms with E-state index >= 15 is 0 Å². The summed E-state index contributed by atoms with van der Waals surface area (Å²) in [6, 6.07) is 8.99. The molecule has 3 aromatic heterocycles. The van der Waals surface area contributed by atoms with Gasteiger partial charge in [0.1, 0.15) is 12.1 Å². The smallest absolute Gasteiger partial charge is 0.168 e. The van der Waals surface area contributed by atoms with Gasteiger partial charge in [-0.05, 0) is 50.1 Å². The van der Waals surface area contributed by atoms with Crippen LogP contribution >= 0.6 is 11.3 Å². The molecule has 0 saturated carbocycles. The Labute approximate surface area is 173 Å². The lowest BCUT2D eigenvalue weighted by molar-refractivity contribution is 0.326. The number of aromatic nitrogens is 5. The highest BCUT2D eigenvalue weighted by molar-refractivity contribution is 7.19. The topological polar surface area (TPSA) is 57.8 Å². The van der Waals surface area contributed by atoms with Gasteiger partial charge in [-0.2, -0.15) is 10.2 Å². The van der Waals surface area contributed by atoms with Crippen molar-refractivity contribution in [1.29, 1.82) is 0 Å². The Balaban J connectivity index is 1.57. The summed E-state index contributed by atoms with van der Waals surface area (Å²) in [5, 5.41) is 8.79. The summed E-state index contributed by atoms with van der Waals surface area (Å²) in [7, 11) is 0. The summed E-state index contributed by atoms with van der Waals surface area (Å²) in [6.45, 7) is 7.88. The van der Waals surface area contributed by atoms with Crippen molar-refractivity contribution < 1.29 is 4.74 Å². The van der Waals surface area contributed by atoms with Crippen molar-refractivity contribution >= 4 is 11.3 Å². The first-order chi connectivity index (χ1) is 14.1. The van der Waals surface area contributed by atoms with Crippen LogP contribution in [-0.2, 0) is 13.0 Å². The lowest BCUT2D eigenvalue weighted by Gasteiger charge is -2.10. The second-order valence-corrected chi connectivity index (χ2v) is 8.53. The highest BCUT2D eigenvalue weighted by atomic mass is 32.1. The lowest BCUT2D eigenvalue weighted by Crippen LogP contribution is -2.04. The molecule has 0 saturated heterocycles. The molecule has 0 spiro atoms. The number of nitrogens with zero attached hydrogens (tertiary/aromatic N) is 5. The van der Waals surface area contributed by atoms with E-state index in [4.69, 9.17) is 4.74 Å². The number of hydrogen-bond donors (Lipinski definition) is 0. The number of aryl methyl sites for hydroxylation is 1. The molecular formula is C22H23N5OS. The molecule has 0 fully saturated rings. The predicted molar refractivity (Wildman–Crippen MR) is 115 cm³/mol. The summed E-state index contributed by atoms with van der Waals surface area (Å²) in [6.07, 6.45) is 6.51. The van der Waals surface area contributed by atoms with Crippen LogP contribution in [0.4, 0.5) is 0 Å². The van der Waals surface area contributed by atoms with Crippen molar-refractivity contribution in [3.8, 4) is 38.0 Å². The summed E-state index contributed by atoms with van der Waals surface area (Å²) < 4.78 is 10.0. The number of thiophene rings is 1. The first-order valence-corrected chi connectivity index (χ1v) is 10.8. The van der Waals surface area contributed by atoms with E-state index in [0.717, 1.165) is 46.1 Å². The maximum atomic E-state index is 6.12. The Bertz CT molecular complexity index is 1170. The van der Waals surface area contributed by atoms with Crippen molar-refractivity contribution in [3.05, 3.63) is 48.5 Å². The zero-order chi connectivity index (χ0) is 20.0. The fraction of sp³-hybridized carbons (Fsp3) is 0.318. The molecule has 29 heavy (non-hydrogen) atoms. The van der Waals surface area contributed by atoms with Crippen LogP contribution in [-0.4, -0.2) is 31.2 Å². The van der Waals surface area contributed by atoms with E-state index in [-0.39, 0.29) is 6.04 Å². The van der Waals surface area contributed by atoms with Gasteiger partial charge >= 0.3 is 0 Å². The van der Waals surface area contributed by atoms with E-state index < -0.39 is 0 Å². The molecule has 0 N–H and O–H groups in total. The third kappa shape index (κ3) is 3.15. The Kier molecular flexibility index (Phi) is 4.47. The van der Waals surface area contributed by atoms with E-state index in [2.05, 4.69) is 66.4 Å². The van der Waals surface area contributed by atoms with Gasteiger partial charge in [0.15, 0.2) is 5.82 Å². The first kappa shape index (κ1) is 18.1. The van der Waals surface area contributed by atoms with Gasteiger partial charge < -0.3 is 4.74 Å². The summed E-state index contributed by atoms with van der Waals surface area (Å²) in [4.78, 5) is 6.94. The van der Waals surface area contributed by atoms with Gasteiger partial charge in [0, 0.05) is 41.2 Å². The molecule has 0 unspecified atom stereocenters. The molecule has 6 nitrogen and oxygen atoms in total. The van der Waals surface area contributed by atoms with Crippen molar-refractivity contribution in [2.45, 2.75) is 39.8 Å². The number of rotatable bonds is 4. The molecule has 1 aromatic carbocycles. The normalized spacial score (nSPS) is 13.1. The molecule has 0 bridgehead atoms. The zero-order valence-electron chi connectivity index (χ0n) is 16.8. The Hall–Kier alpha value is -2.93. The second kappa shape index (κ2) is 7.15. The monoisotopic (exact) mass is 405 g/mol. The molecule has 148 valence electrons. The Morgan fingerprint density at radius 3 is 2.86 bits per heavy atom. The van der Waals surface area contributed by atoms with Crippen LogP contribution in [0.5, 0.6) is 5.75 Å². The molecule has 0 radical (unpaired) electrons. The minimum absolute atomic E-state index is 0.275. The van der Waals surface area contributed by atoms with Crippen molar-refractivity contribution in [2.24, 2.45) is 0 Å². The molecule has 0 amide bonds. The summed E-state index contributed by atoms with van der Waals surface area (Å²) >= 11 is 1.77. The van der Waals surface area contributed by atoms with Crippen LogP contribution in [0.3, 0.4) is 0 Å². The predicted octanol–water partition coefficient (Wildman–Crippen LogP) is 5.07. The fourth-order valence-electron chi connectivity index (χ4n) is 3.72. The van der Waals surface area contributed by atoms with Gasteiger partial charge in [-0.15, -0.1) is 11.3 Å². The maximum Gasteiger partial charge on any atom is 0.168 e. The second-order valence-electron chi connectivity index (χ2n) is 7.48. The third-order valence-corrected chi connectivity index (χ3v) is 6.44. The number of ether oxygens (including phenoxy) is 1. The highest BCUT2D eigenvalue weighted by Gasteiger charge is 2.22. The highest BCUT2D eigenvalue weighted by Crippen LogP contribution is 2.44. The van der Waals surface area contributed by atoms with Crippen LogP contribution in [0.15, 0.2) is 43.0 Å². The molecule has 0 aliphatic carbocycles. The Morgan fingerprint density at radius 2 is 2.07 bits per heavy atom. The van der Waals surface area contributed by atoms with Crippen LogP contribution < -0.4 is 4.74 Å². The molecule has 1 aliphatic rings. The van der Waals surface area contributed by atoms with Gasteiger partial charge in [0.25, 0.3) is 0 Å². The largest absolute Gasteiger partial charge is 0.493 e. The van der Waals surface area contributed by atoms with Crippen LogP contribution in [0, 0.1) is 0 Å². The van der Waals surface area contributed by atoms with Crippen molar-refractivity contribution in [2.75, 3.05) is 6.61 Å². The fourth-order valence-corrected chi connectivity index (χ4v) is 4.95. The zero-order valence-corrected chi connectivity index (χ0v) is 17.6. The number of benzene rings is 1. The first-order valence-electron chi connectivity index (χ1n) is 9.96. The summed E-state index contributed by atoms with van der Waals surface area (Å²) in [5.74, 6) is 1.87. The Morgan fingerprint density at radius 1 is 1.17 bits per heavy atom. The quantitative estimate of drug-likeness (QED) is 0.475. The molecule has 7 heteroatoms. The minimum atomic E-state index is 0.275. The van der Waals surface area contributed by atoms with E-state index in [9.17, 15) is 0 Å². The van der Waals surface area contributed by atoms with Crippen LogP contribution in [0.25, 0.3) is 32.3 Å². The number of hydrogen-bond acceptors (Lipinski definition) is 5. The van der Waals surface area contributed by atoms with Gasteiger partial charge in [0.05, 0.1) is 17.7 Å². The van der Waals surface area contributed by atoms with Gasteiger partial charge in [-0.3, -0.25) is 4.68 Å². The standard InChI is InChI=1S/C22H23N5OS/c1-4-26-12-17(11-24-26)15-5-6-18-19(9-15)28-8-7-16-10-20(29-21(16)18)22-23-13-25-27(22)14(2)3/h5-6,9-14H,4,7-8H2,1-3H3. The van der Waals surface area contributed by atoms with Crippen molar-refractivity contribution in [1.82, 2.24) is 24.5 Å². The van der Waals surface area contributed by atoms with E-state index in [1.165, 1.54) is 10.4 Å². The molecule has 5 rings (SSSR count). The molecule has 1 aliphatic heterocycles. The van der Waals surface area contributed by atoms with Crippen LogP contribution in [0.2, 0.25) is 0 Å². The average Bonchev–Trinajstić information content (AvgIpc) is 3.45. The minimum Gasteiger partial charge on any atom is -0.493 e. The van der Waals surface area contributed by atoms with Gasteiger partial charge in [0.2, 0.25) is 0 Å². The van der Waals surface area contributed by atoms with E-state index in [1.807, 2.05) is 15.6 Å². The lowest BCUT2D eigenvalue weighted by atomic mass is 10.0. The van der Waals surface area contributed by atoms with Gasteiger partial charge in [-0.1, -0.05) is 6.07 Å². The average molecular weight is 406 g/mol. The molecule has 0 atom stereocenters. The molecular weight excluding hydrogens is 382 g/mol. The van der Waals surface area contributed by atoms with Crippen LogP contribution in [0.1, 0.15) is 32.4 Å². The molecule has 4 heterocycles. The molecule has 4 aromatic rings. The van der Waals surface area contributed by atoms with Crippen molar-refractivity contribution in [3.63, 3.8) is 0 Å². The third-order valence-electron chi connectivity index (χ3n) is 5.24. The SMILES string of the molecule is CCn1cc(-c2ccc3c(c2)OCCc2cc(-c4ncnn4C(C)C)sc2-3)cn1. The van der Waals surface area contributed by atoms with E-state index in [1.54, 1.807) is 17.7 Å². The number of fused-ring (bicyclic) bond motifs is 3. The van der Waals surface area contributed by atoms with E-state index in [0.29, 0.717) is 6.61 Å². The van der Waals surface area contributed by atoms with Gasteiger partial charge in [-0.25, -0.2) is 9.67 Å². The summed E-state index contributed by atoms with van der Waals surface area (Å²) in [5.41, 5.74) is 4.70.